The molecular weight excluding hydrogens is 296 g/mol. The molecule has 0 aromatic heterocycles. The molecule has 0 rings (SSSR count). The van der Waals surface area contributed by atoms with Gasteiger partial charge in [-0.25, -0.2) is 0 Å². The molecule has 0 aliphatic carbocycles. The van der Waals surface area contributed by atoms with E-state index < -0.39 is 0 Å². The first kappa shape index (κ1) is 23.3. The first-order valence-corrected chi connectivity index (χ1v) is 6.35. The first-order valence-electron chi connectivity index (χ1n) is 6.35. The third-order valence-electron chi connectivity index (χ3n) is 1.95. The van der Waals surface area contributed by atoms with E-state index in [0.717, 1.165) is 12.8 Å². The molecule has 4 nitrogen and oxygen atoms in total. The van der Waals surface area contributed by atoms with Crippen molar-refractivity contribution in [3.8, 4) is 0 Å². The summed E-state index contributed by atoms with van der Waals surface area (Å²) in [7, 11) is 0. The van der Waals surface area contributed by atoms with Crippen molar-refractivity contribution >= 4 is 23.1 Å². The van der Waals surface area contributed by atoms with E-state index in [1.165, 1.54) is 13.8 Å². The summed E-state index contributed by atoms with van der Waals surface area (Å²) in [5.41, 5.74) is 0. The predicted molar refractivity (Wildman–Crippen MR) is 70.4 cm³/mol. The number of carbonyl (C=O) groups is 4. The van der Waals surface area contributed by atoms with E-state index >= 15 is 0 Å². The molecule has 0 aromatic rings. The summed E-state index contributed by atoms with van der Waals surface area (Å²) in [5.74, 6) is 0.0527. The Bertz CT molecular complexity index is 268. The van der Waals surface area contributed by atoms with Crippen LogP contribution in [-0.4, -0.2) is 23.1 Å². The molecule has 0 aliphatic heterocycles. The molecular formula is C14H24CuO4. The van der Waals surface area contributed by atoms with Crippen LogP contribution in [-0.2, 0) is 36.2 Å². The molecule has 0 spiro atoms. The summed E-state index contributed by atoms with van der Waals surface area (Å²) >= 11 is 0. The Hall–Kier alpha value is -0.801. The monoisotopic (exact) mass is 319 g/mol. The molecule has 0 saturated carbocycles. The first-order chi connectivity index (χ1) is 8.33. The van der Waals surface area contributed by atoms with Gasteiger partial charge in [0, 0.05) is 29.9 Å². The van der Waals surface area contributed by atoms with Gasteiger partial charge in [0.15, 0.2) is 0 Å². The van der Waals surface area contributed by atoms with E-state index in [4.69, 9.17) is 0 Å². The maximum atomic E-state index is 10.6. The van der Waals surface area contributed by atoms with Crippen LogP contribution in [0.3, 0.4) is 0 Å². The van der Waals surface area contributed by atoms with E-state index in [9.17, 15) is 19.2 Å². The van der Waals surface area contributed by atoms with Crippen LogP contribution in [0.5, 0.6) is 0 Å². The number of rotatable bonds is 8. The van der Waals surface area contributed by atoms with Gasteiger partial charge in [0.1, 0.15) is 23.1 Å². The van der Waals surface area contributed by atoms with Crippen molar-refractivity contribution in [2.24, 2.45) is 0 Å². The van der Waals surface area contributed by atoms with E-state index in [1.807, 2.05) is 13.8 Å². The second-order valence-electron chi connectivity index (χ2n) is 4.33. The minimum absolute atomic E-state index is 0. The van der Waals surface area contributed by atoms with E-state index in [2.05, 4.69) is 0 Å². The number of ketones is 4. The average molecular weight is 320 g/mol. The minimum atomic E-state index is -0.0338. The third kappa shape index (κ3) is 22.8. The Balaban J connectivity index is -0.000000256. The average Bonchev–Trinajstić information content (AvgIpc) is 2.16. The molecule has 5 heteroatoms. The molecule has 0 atom stereocenters. The Morgan fingerprint density at radius 3 is 1.11 bits per heavy atom. The van der Waals surface area contributed by atoms with E-state index in [-0.39, 0.29) is 53.0 Å². The molecule has 0 amide bonds. The number of carbonyl (C=O) groups excluding carboxylic acids is 4. The van der Waals surface area contributed by atoms with Crippen LogP contribution >= 0.6 is 0 Å². The molecule has 19 heavy (non-hydrogen) atoms. The molecule has 0 bridgehead atoms. The van der Waals surface area contributed by atoms with Gasteiger partial charge >= 0.3 is 0 Å². The third-order valence-corrected chi connectivity index (χ3v) is 1.95. The van der Waals surface area contributed by atoms with Crippen molar-refractivity contribution in [2.45, 2.75) is 66.2 Å². The fraction of sp³-hybridized carbons (Fsp3) is 0.714. The van der Waals surface area contributed by atoms with Gasteiger partial charge in [-0.2, -0.15) is 0 Å². The van der Waals surface area contributed by atoms with Crippen molar-refractivity contribution in [3.63, 3.8) is 0 Å². The van der Waals surface area contributed by atoms with E-state index in [0.29, 0.717) is 12.8 Å². The van der Waals surface area contributed by atoms with Crippen molar-refractivity contribution in [1.29, 1.82) is 0 Å². The van der Waals surface area contributed by atoms with Crippen molar-refractivity contribution in [3.05, 3.63) is 0 Å². The maximum Gasteiger partial charge on any atom is 0.140 e. The Labute approximate surface area is 126 Å². The van der Waals surface area contributed by atoms with Crippen molar-refractivity contribution < 1.29 is 36.2 Å². The smallest absolute Gasteiger partial charge is 0.140 e. The van der Waals surface area contributed by atoms with Gasteiger partial charge < -0.3 is 0 Å². The maximum absolute atomic E-state index is 10.6. The predicted octanol–water partition coefficient (Wildman–Crippen LogP) is 2.67. The quantitative estimate of drug-likeness (QED) is 0.509. The summed E-state index contributed by atoms with van der Waals surface area (Å²) in [6, 6.07) is 0. The molecule has 0 N–H and O–H groups in total. The SMILES string of the molecule is CCCC(=O)CC(C)=O.CCCC(=O)CC(C)=O.[Cu]. The summed E-state index contributed by atoms with van der Waals surface area (Å²) in [5, 5.41) is 0. The molecule has 0 heterocycles. The number of Topliss-reactive ketones (excluding diaryl/α,β-unsaturated/α-hetero) is 4. The van der Waals surface area contributed by atoms with Crippen LogP contribution in [0.15, 0.2) is 0 Å². The van der Waals surface area contributed by atoms with Crippen molar-refractivity contribution in [2.75, 3.05) is 0 Å². The fourth-order valence-electron chi connectivity index (χ4n) is 1.29. The minimum Gasteiger partial charge on any atom is -0.300 e. The Kier molecular flexibility index (Phi) is 18.7. The van der Waals surface area contributed by atoms with Crippen LogP contribution < -0.4 is 0 Å². The summed E-state index contributed by atoms with van der Waals surface area (Å²) < 4.78 is 0. The van der Waals surface area contributed by atoms with Gasteiger partial charge in [0.25, 0.3) is 0 Å². The normalized spacial score (nSPS) is 8.63. The van der Waals surface area contributed by atoms with Gasteiger partial charge in [0.05, 0.1) is 12.8 Å². The van der Waals surface area contributed by atoms with Crippen LogP contribution in [0.2, 0.25) is 0 Å². The second kappa shape index (κ2) is 15.3. The standard InChI is InChI=1S/2C7H12O2.Cu/c2*1-3-4-7(9)5-6(2)8;/h2*3-5H2,1-2H3;. The van der Waals surface area contributed by atoms with Gasteiger partial charge in [-0.05, 0) is 26.7 Å². The van der Waals surface area contributed by atoms with Crippen molar-refractivity contribution in [1.82, 2.24) is 0 Å². The molecule has 1 radical (unpaired) electrons. The largest absolute Gasteiger partial charge is 0.300 e. The Morgan fingerprint density at radius 1 is 0.684 bits per heavy atom. The van der Waals surface area contributed by atoms with Crippen LogP contribution in [0.25, 0.3) is 0 Å². The van der Waals surface area contributed by atoms with Gasteiger partial charge in [0.2, 0.25) is 0 Å². The van der Waals surface area contributed by atoms with Gasteiger partial charge in [-0.1, -0.05) is 13.8 Å². The zero-order valence-corrected chi connectivity index (χ0v) is 13.1. The molecule has 0 unspecified atom stereocenters. The summed E-state index contributed by atoms with van der Waals surface area (Å²) in [6.45, 7) is 6.73. The Morgan fingerprint density at radius 2 is 0.947 bits per heavy atom. The summed E-state index contributed by atoms with van der Waals surface area (Å²) in [6.07, 6.45) is 3.00. The molecule has 0 saturated heterocycles. The molecule has 0 aromatic carbocycles. The fourth-order valence-corrected chi connectivity index (χ4v) is 1.29. The van der Waals surface area contributed by atoms with Crippen LogP contribution in [0, 0.1) is 0 Å². The summed E-state index contributed by atoms with van der Waals surface area (Å²) in [4.78, 5) is 41.9. The molecule has 0 aliphatic rings. The number of hydrogen-bond acceptors (Lipinski definition) is 4. The zero-order valence-electron chi connectivity index (χ0n) is 12.2. The second-order valence-corrected chi connectivity index (χ2v) is 4.33. The zero-order chi connectivity index (χ0) is 14.6. The van der Waals surface area contributed by atoms with E-state index in [1.54, 1.807) is 0 Å². The molecule has 0 fully saturated rings. The topological polar surface area (TPSA) is 68.3 Å². The van der Waals surface area contributed by atoms with Gasteiger partial charge in [-0.15, -0.1) is 0 Å². The van der Waals surface area contributed by atoms with Crippen LogP contribution in [0.4, 0.5) is 0 Å². The van der Waals surface area contributed by atoms with Crippen LogP contribution in [0.1, 0.15) is 66.2 Å². The number of hydrogen-bond donors (Lipinski definition) is 0. The van der Waals surface area contributed by atoms with Gasteiger partial charge in [-0.3, -0.25) is 19.2 Å². The molecule has 115 valence electrons.